The highest BCUT2D eigenvalue weighted by molar-refractivity contribution is 9.10. The molecule has 2 unspecified atom stereocenters. The van der Waals surface area contributed by atoms with Crippen molar-refractivity contribution in [2.75, 3.05) is 20.2 Å². The number of halogens is 2. The highest BCUT2D eigenvalue weighted by Crippen LogP contribution is 2.26. The number of nitrogens with zero attached hydrogens (tertiary/aromatic N) is 2. The highest BCUT2D eigenvalue weighted by Gasteiger charge is 2.39. The maximum Gasteiger partial charge on any atom is 0.411 e. The fourth-order valence-corrected chi connectivity index (χ4v) is 3.30. The van der Waals surface area contributed by atoms with E-state index < -0.39 is 23.7 Å². The van der Waals surface area contributed by atoms with Gasteiger partial charge in [-0.2, -0.15) is 0 Å². The quantitative estimate of drug-likeness (QED) is 0.569. The van der Waals surface area contributed by atoms with E-state index in [9.17, 15) is 9.59 Å². The Labute approximate surface area is 160 Å². The highest BCUT2D eigenvalue weighted by atomic mass is 79.9. The van der Waals surface area contributed by atoms with Gasteiger partial charge < -0.3 is 14.8 Å². The summed E-state index contributed by atoms with van der Waals surface area (Å²) in [6.45, 7) is 5.81. The van der Waals surface area contributed by atoms with Gasteiger partial charge in [-0.1, -0.05) is 11.6 Å². The molecule has 1 saturated heterocycles. The Morgan fingerprint density at radius 3 is 2.64 bits per heavy atom. The zero-order valence-electron chi connectivity index (χ0n) is 14.5. The van der Waals surface area contributed by atoms with Crippen LogP contribution in [0.1, 0.15) is 32.4 Å². The fraction of sp³-hybridized carbons (Fsp3) is 0.562. The molecule has 1 aromatic rings. The number of pyridine rings is 1. The second kappa shape index (κ2) is 7.88. The largest absolute Gasteiger partial charge is 0.467 e. The topological polar surface area (TPSA) is 80.8 Å². The molecular weight excluding hydrogens is 414 g/mol. The maximum absolute atomic E-state index is 12.6. The van der Waals surface area contributed by atoms with E-state index >= 15 is 0 Å². The Bertz CT molecular complexity index is 645. The minimum atomic E-state index is -0.753. The number of amides is 1. The zero-order valence-corrected chi connectivity index (χ0v) is 16.8. The third-order valence-electron chi connectivity index (χ3n) is 3.60. The number of carbonyl (C=O) groups is 2. The van der Waals surface area contributed by atoms with Crippen molar-refractivity contribution < 1.29 is 19.1 Å². The van der Waals surface area contributed by atoms with Crippen LogP contribution in [0.3, 0.4) is 0 Å². The van der Waals surface area contributed by atoms with E-state index in [1.165, 1.54) is 12.0 Å². The Hall–Kier alpha value is -1.38. The molecule has 2 heterocycles. The monoisotopic (exact) mass is 433 g/mol. The molecule has 1 aliphatic rings. The maximum atomic E-state index is 12.6. The van der Waals surface area contributed by atoms with E-state index in [0.717, 1.165) is 5.56 Å². The van der Waals surface area contributed by atoms with E-state index in [1.807, 2.05) is 6.07 Å². The van der Waals surface area contributed by atoms with Gasteiger partial charge in [-0.3, -0.25) is 4.90 Å². The number of hydrogen-bond donors (Lipinski definition) is 1. The summed E-state index contributed by atoms with van der Waals surface area (Å²) in [4.78, 5) is 30.1. The molecule has 1 aliphatic heterocycles. The van der Waals surface area contributed by atoms with Gasteiger partial charge in [0.1, 0.15) is 21.4 Å². The molecule has 9 heteroatoms. The minimum Gasteiger partial charge on any atom is -0.467 e. The van der Waals surface area contributed by atoms with Crippen molar-refractivity contribution >= 4 is 39.6 Å². The number of nitrogens with one attached hydrogen (secondary N) is 1. The van der Waals surface area contributed by atoms with Gasteiger partial charge in [-0.15, -0.1) is 0 Å². The number of methoxy groups -OCH3 is 1. The number of rotatable bonds is 2. The predicted molar refractivity (Wildman–Crippen MR) is 96.4 cm³/mol. The summed E-state index contributed by atoms with van der Waals surface area (Å²) < 4.78 is 10.8. The Kier molecular flexibility index (Phi) is 6.29. The first-order valence-corrected chi connectivity index (χ1v) is 8.91. The number of aromatic nitrogens is 1. The molecule has 1 fully saturated rings. The van der Waals surface area contributed by atoms with Gasteiger partial charge in [-0.25, -0.2) is 14.6 Å². The van der Waals surface area contributed by atoms with Gasteiger partial charge in [0, 0.05) is 13.1 Å². The van der Waals surface area contributed by atoms with E-state index in [0.29, 0.717) is 9.76 Å². The molecule has 2 rings (SSSR count). The summed E-state index contributed by atoms with van der Waals surface area (Å²) in [6, 6.07) is 2.56. The molecule has 25 heavy (non-hydrogen) atoms. The predicted octanol–water partition coefficient (Wildman–Crippen LogP) is 2.92. The van der Waals surface area contributed by atoms with Crippen LogP contribution in [0.5, 0.6) is 0 Å². The van der Waals surface area contributed by atoms with Crippen molar-refractivity contribution in [3.8, 4) is 0 Å². The normalized spacial score (nSPS) is 21.0. The van der Waals surface area contributed by atoms with Crippen LogP contribution in [0.25, 0.3) is 0 Å². The van der Waals surface area contributed by atoms with E-state index in [-0.39, 0.29) is 19.1 Å². The average molecular weight is 435 g/mol. The van der Waals surface area contributed by atoms with Crippen molar-refractivity contribution in [3.63, 3.8) is 0 Å². The summed E-state index contributed by atoms with van der Waals surface area (Å²) in [5, 5.41) is 3.58. The lowest BCUT2D eigenvalue weighted by molar-refractivity contribution is -0.147. The molecule has 1 amide bonds. The molecule has 0 aromatic carbocycles. The van der Waals surface area contributed by atoms with E-state index in [2.05, 4.69) is 26.2 Å². The van der Waals surface area contributed by atoms with Crippen LogP contribution in [-0.2, 0) is 14.3 Å². The van der Waals surface area contributed by atoms with Gasteiger partial charge in [0.05, 0.1) is 13.2 Å². The van der Waals surface area contributed by atoms with Crippen LogP contribution in [0, 0.1) is 0 Å². The standard InChI is InChI=1S/C16H21BrClN3O4/c1-16(2,3)25-15(23)21-8-10(19-7-11(21)14(22)24-4)9-5-12(17)20-13(18)6-9/h5-6,10-11,19H,7-8H2,1-4H3. The zero-order chi connectivity index (χ0) is 18.8. The summed E-state index contributed by atoms with van der Waals surface area (Å²) in [5.41, 5.74) is 0.185. The molecule has 138 valence electrons. The first-order valence-electron chi connectivity index (χ1n) is 7.74. The van der Waals surface area contributed by atoms with Crippen molar-refractivity contribution in [1.29, 1.82) is 0 Å². The lowest BCUT2D eigenvalue weighted by Crippen LogP contribution is -2.59. The fourth-order valence-electron chi connectivity index (χ4n) is 2.53. The third-order valence-corrected chi connectivity index (χ3v) is 4.20. The van der Waals surface area contributed by atoms with Crippen LogP contribution in [-0.4, -0.2) is 53.8 Å². The van der Waals surface area contributed by atoms with Gasteiger partial charge in [0.25, 0.3) is 0 Å². The molecule has 0 aliphatic carbocycles. The molecule has 1 aromatic heterocycles. The van der Waals surface area contributed by atoms with Gasteiger partial charge >= 0.3 is 12.1 Å². The van der Waals surface area contributed by atoms with Crippen molar-refractivity contribution in [2.45, 2.75) is 38.5 Å². The lowest BCUT2D eigenvalue weighted by atomic mass is 10.0. The van der Waals surface area contributed by atoms with Gasteiger partial charge in [-0.05, 0) is 54.4 Å². The molecule has 2 atom stereocenters. The first kappa shape index (κ1) is 19.9. The van der Waals surface area contributed by atoms with Crippen LogP contribution in [0.15, 0.2) is 16.7 Å². The van der Waals surface area contributed by atoms with Crippen molar-refractivity contribution in [2.24, 2.45) is 0 Å². The number of esters is 1. The molecular formula is C16H21BrClN3O4. The van der Waals surface area contributed by atoms with Crippen molar-refractivity contribution in [3.05, 3.63) is 27.5 Å². The van der Waals surface area contributed by atoms with Crippen LogP contribution in [0.4, 0.5) is 4.79 Å². The van der Waals surface area contributed by atoms with E-state index in [4.69, 9.17) is 21.1 Å². The van der Waals surface area contributed by atoms with E-state index in [1.54, 1.807) is 26.8 Å². The van der Waals surface area contributed by atoms with Gasteiger partial charge in [0.15, 0.2) is 0 Å². The summed E-state index contributed by atoms with van der Waals surface area (Å²) in [7, 11) is 1.29. The van der Waals surface area contributed by atoms with Gasteiger partial charge in [0.2, 0.25) is 0 Å². The van der Waals surface area contributed by atoms with Crippen LogP contribution in [0.2, 0.25) is 5.15 Å². The van der Waals surface area contributed by atoms with Crippen molar-refractivity contribution in [1.82, 2.24) is 15.2 Å². The number of ether oxygens (including phenoxy) is 2. The second-order valence-corrected chi connectivity index (χ2v) is 7.88. The molecule has 0 bridgehead atoms. The molecule has 0 spiro atoms. The summed E-state index contributed by atoms with van der Waals surface area (Å²) >= 11 is 9.32. The second-order valence-electron chi connectivity index (χ2n) is 6.68. The number of hydrogen-bond acceptors (Lipinski definition) is 6. The first-order chi connectivity index (χ1) is 11.6. The molecule has 1 N–H and O–H groups in total. The molecule has 0 radical (unpaired) electrons. The Morgan fingerprint density at radius 1 is 1.40 bits per heavy atom. The smallest absolute Gasteiger partial charge is 0.411 e. The summed E-state index contributed by atoms with van der Waals surface area (Å²) in [5.74, 6) is -0.495. The Morgan fingerprint density at radius 2 is 2.08 bits per heavy atom. The third kappa shape index (κ3) is 5.29. The minimum absolute atomic E-state index is 0.217. The number of piperazine rings is 1. The lowest BCUT2D eigenvalue weighted by Gasteiger charge is -2.39. The summed E-state index contributed by atoms with van der Waals surface area (Å²) in [6.07, 6.45) is -0.561. The SMILES string of the molecule is COC(=O)C1CNC(c2cc(Cl)nc(Br)c2)CN1C(=O)OC(C)(C)C. The molecule has 0 saturated carbocycles. The molecule has 7 nitrogen and oxygen atoms in total. The Balaban J connectivity index is 2.26. The average Bonchev–Trinajstić information content (AvgIpc) is 2.51. The van der Waals surface area contributed by atoms with Crippen LogP contribution >= 0.6 is 27.5 Å². The number of carbonyl (C=O) groups excluding carboxylic acids is 2. The van der Waals surface area contributed by atoms with Crippen LogP contribution < -0.4 is 5.32 Å².